The molecule has 1 aliphatic heterocycles. The lowest BCUT2D eigenvalue weighted by Crippen LogP contribution is -2.52. The summed E-state index contributed by atoms with van der Waals surface area (Å²) in [7, 11) is -3.81. The second-order valence-corrected chi connectivity index (χ2v) is 9.48. The van der Waals surface area contributed by atoms with Crippen LogP contribution in [0.5, 0.6) is 0 Å². The van der Waals surface area contributed by atoms with Crippen molar-refractivity contribution in [2.45, 2.75) is 18.0 Å². The monoisotopic (exact) mass is 461 g/mol. The number of amides is 1. The number of rotatable bonds is 8. The predicted molar refractivity (Wildman–Crippen MR) is 113 cm³/mol. The molecule has 2 aromatic heterocycles. The zero-order valence-electron chi connectivity index (χ0n) is 17.4. The van der Waals surface area contributed by atoms with Crippen LogP contribution in [-0.4, -0.2) is 61.2 Å². The quantitative estimate of drug-likeness (QED) is 0.512. The fraction of sp³-hybridized carbons (Fsp3) is 0.318. The van der Waals surface area contributed by atoms with Crippen molar-refractivity contribution in [1.29, 1.82) is 0 Å². The molecular weight excluding hydrogens is 437 g/mol. The van der Waals surface area contributed by atoms with Crippen molar-refractivity contribution in [2.24, 2.45) is 0 Å². The summed E-state index contributed by atoms with van der Waals surface area (Å²) in [5.41, 5.74) is 0. The normalized spacial score (nSPS) is 15.4. The second kappa shape index (κ2) is 9.68. The van der Waals surface area contributed by atoms with E-state index in [1.165, 1.54) is 22.5 Å². The van der Waals surface area contributed by atoms with Gasteiger partial charge in [0.1, 0.15) is 17.3 Å². The van der Waals surface area contributed by atoms with Gasteiger partial charge in [0, 0.05) is 26.2 Å². The van der Waals surface area contributed by atoms with Crippen LogP contribution in [0.15, 0.2) is 74.8 Å². The predicted octanol–water partition coefficient (Wildman–Crippen LogP) is 2.55. The average molecular weight is 462 g/mol. The van der Waals surface area contributed by atoms with E-state index in [0.29, 0.717) is 13.1 Å². The van der Waals surface area contributed by atoms with Gasteiger partial charge in [0.25, 0.3) is 0 Å². The minimum absolute atomic E-state index is 0.0830. The molecule has 0 aliphatic carbocycles. The first-order valence-electron chi connectivity index (χ1n) is 10.2. The number of sulfonamides is 1. The van der Waals surface area contributed by atoms with Gasteiger partial charge >= 0.3 is 0 Å². The number of carbonyl (C=O) groups is 1. The lowest BCUT2D eigenvalue weighted by Gasteiger charge is -2.35. The second-order valence-electron chi connectivity index (χ2n) is 7.55. The Morgan fingerprint density at radius 2 is 1.56 bits per heavy atom. The van der Waals surface area contributed by atoms with Crippen LogP contribution in [0.4, 0.5) is 4.39 Å². The Hall–Kier alpha value is -2.95. The molecular formula is C22H24FN3O5S. The molecule has 0 saturated carbocycles. The molecule has 10 heteroatoms. The smallest absolute Gasteiger partial charge is 0.243 e. The molecule has 0 bridgehead atoms. The summed E-state index contributed by atoms with van der Waals surface area (Å²) in [4.78, 5) is 16.4. The summed E-state index contributed by atoms with van der Waals surface area (Å²) >= 11 is 0. The van der Waals surface area contributed by atoms with E-state index >= 15 is 0 Å². The molecule has 0 N–H and O–H groups in total. The van der Waals surface area contributed by atoms with Gasteiger partial charge in [-0.2, -0.15) is 4.31 Å². The summed E-state index contributed by atoms with van der Waals surface area (Å²) in [6, 6.07) is 12.2. The molecule has 32 heavy (non-hydrogen) atoms. The number of hydrogen-bond donors (Lipinski definition) is 0. The zero-order valence-corrected chi connectivity index (χ0v) is 18.2. The van der Waals surface area contributed by atoms with Crippen LogP contribution in [0.2, 0.25) is 0 Å². The van der Waals surface area contributed by atoms with Crippen molar-refractivity contribution in [3.8, 4) is 0 Å². The fourth-order valence-electron chi connectivity index (χ4n) is 3.66. The minimum Gasteiger partial charge on any atom is -0.468 e. The van der Waals surface area contributed by atoms with Gasteiger partial charge in [-0.05, 0) is 42.5 Å². The number of furan rings is 2. The Labute approximate surface area is 185 Å². The van der Waals surface area contributed by atoms with Gasteiger partial charge in [0.15, 0.2) is 0 Å². The van der Waals surface area contributed by atoms with Crippen LogP contribution in [0.25, 0.3) is 0 Å². The van der Waals surface area contributed by atoms with E-state index in [1.807, 2.05) is 17.0 Å². The average Bonchev–Trinajstić information content (AvgIpc) is 3.48. The largest absolute Gasteiger partial charge is 0.468 e. The molecule has 1 amide bonds. The Bertz CT molecular complexity index is 1090. The first-order chi connectivity index (χ1) is 15.4. The minimum atomic E-state index is -3.81. The summed E-state index contributed by atoms with van der Waals surface area (Å²) in [5.74, 6) is 0.754. The van der Waals surface area contributed by atoms with E-state index in [2.05, 4.69) is 0 Å². The van der Waals surface area contributed by atoms with E-state index in [-0.39, 0.29) is 43.5 Å². The molecule has 0 unspecified atom stereocenters. The summed E-state index contributed by atoms with van der Waals surface area (Å²) < 4.78 is 51.1. The van der Waals surface area contributed by atoms with Crippen molar-refractivity contribution >= 4 is 15.9 Å². The third-order valence-corrected chi connectivity index (χ3v) is 7.20. The van der Waals surface area contributed by atoms with E-state index in [1.54, 1.807) is 29.6 Å². The van der Waals surface area contributed by atoms with Crippen LogP contribution in [0.1, 0.15) is 11.5 Å². The van der Waals surface area contributed by atoms with Gasteiger partial charge in [-0.3, -0.25) is 9.69 Å². The molecule has 1 aromatic carbocycles. The van der Waals surface area contributed by atoms with Gasteiger partial charge in [-0.25, -0.2) is 12.8 Å². The number of carbonyl (C=O) groups excluding carboxylic acids is 1. The molecule has 3 heterocycles. The highest BCUT2D eigenvalue weighted by Gasteiger charge is 2.31. The Balaban J connectivity index is 1.37. The highest BCUT2D eigenvalue weighted by Crippen LogP contribution is 2.19. The van der Waals surface area contributed by atoms with E-state index in [0.717, 1.165) is 17.6 Å². The highest BCUT2D eigenvalue weighted by molar-refractivity contribution is 7.89. The first-order valence-corrected chi connectivity index (χ1v) is 11.7. The Morgan fingerprint density at radius 3 is 2.09 bits per heavy atom. The van der Waals surface area contributed by atoms with Gasteiger partial charge < -0.3 is 13.7 Å². The SMILES string of the molecule is O=C(CN(Cc1ccco1)Cc1ccco1)N1CCN(S(=O)(=O)c2cccc(F)c2)CC1. The van der Waals surface area contributed by atoms with Crippen molar-refractivity contribution in [3.63, 3.8) is 0 Å². The van der Waals surface area contributed by atoms with Crippen molar-refractivity contribution in [3.05, 3.63) is 78.4 Å². The molecule has 4 rings (SSSR count). The van der Waals surface area contributed by atoms with Crippen LogP contribution in [0, 0.1) is 5.82 Å². The van der Waals surface area contributed by atoms with Gasteiger partial charge in [0.2, 0.25) is 15.9 Å². The number of nitrogens with zero attached hydrogens (tertiary/aromatic N) is 3. The van der Waals surface area contributed by atoms with E-state index in [4.69, 9.17) is 8.83 Å². The van der Waals surface area contributed by atoms with E-state index in [9.17, 15) is 17.6 Å². The molecule has 0 spiro atoms. The van der Waals surface area contributed by atoms with Gasteiger partial charge in [0.05, 0.1) is 37.1 Å². The lowest BCUT2D eigenvalue weighted by molar-refractivity contribution is -0.134. The number of piperazine rings is 1. The topological polar surface area (TPSA) is 87.2 Å². The van der Waals surface area contributed by atoms with Gasteiger partial charge in [-0.15, -0.1) is 0 Å². The highest BCUT2D eigenvalue weighted by atomic mass is 32.2. The van der Waals surface area contributed by atoms with Crippen molar-refractivity contribution < 1.29 is 26.4 Å². The van der Waals surface area contributed by atoms with E-state index < -0.39 is 15.8 Å². The summed E-state index contributed by atoms with van der Waals surface area (Å²) in [5, 5.41) is 0. The molecule has 1 aliphatic rings. The van der Waals surface area contributed by atoms with Crippen molar-refractivity contribution in [2.75, 3.05) is 32.7 Å². The summed E-state index contributed by atoms with van der Waals surface area (Å²) in [6.07, 6.45) is 3.17. The fourth-order valence-corrected chi connectivity index (χ4v) is 5.11. The van der Waals surface area contributed by atoms with Gasteiger partial charge in [-0.1, -0.05) is 6.07 Å². The maximum atomic E-state index is 13.5. The molecule has 170 valence electrons. The summed E-state index contributed by atoms with van der Waals surface area (Å²) in [6.45, 7) is 1.85. The van der Waals surface area contributed by atoms with Crippen LogP contribution in [0.3, 0.4) is 0 Å². The zero-order chi connectivity index (χ0) is 22.6. The first kappa shape index (κ1) is 22.3. The van der Waals surface area contributed by atoms with Crippen LogP contribution < -0.4 is 0 Å². The Morgan fingerprint density at radius 1 is 0.938 bits per heavy atom. The van der Waals surface area contributed by atoms with Crippen LogP contribution in [-0.2, 0) is 27.9 Å². The van der Waals surface area contributed by atoms with Crippen molar-refractivity contribution in [1.82, 2.24) is 14.1 Å². The number of hydrogen-bond acceptors (Lipinski definition) is 6. The standard InChI is InChI=1S/C22H24FN3O5S/c23-18-4-1-7-21(14-18)32(28,29)26-10-8-25(9-11-26)22(27)17-24(15-19-5-2-12-30-19)16-20-6-3-13-31-20/h1-7,12-14H,8-11,15-17H2. The third-order valence-electron chi connectivity index (χ3n) is 5.30. The molecule has 1 saturated heterocycles. The molecule has 8 nitrogen and oxygen atoms in total. The lowest BCUT2D eigenvalue weighted by atomic mass is 10.3. The number of halogens is 1. The molecule has 0 atom stereocenters. The molecule has 3 aromatic rings. The maximum absolute atomic E-state index is 13.5. The molecule has 1 fully saturated rings. The molecule has 0 radical (unpaired) electrons. The Kier molecular flexibility index (Phi) is 6.73. The maximum Gasteiger partial charge on any atom is 0.243 e. The third kappa shape index (κ3) is 5.26. The number of benzene rings is 1. The van der Waals surface area contributed by atoms with Crippen LogP contribution >= 0.6 is 0 Å².